The third-order valence-electron chi connectivity index (χ3n) is 11.0. The number of aliphatic carboxylic acids is 2. The molecule has 0 aromatic carbocycles. The number of ether oxygens (including phenoxy) is 8. The van der Waals surface area contributed by atoms with Gasteiger partial charge in [0, 0.05) is 6.61 Å². The van der Waals surface area contributed by atoms with E-state index in [1.807, 2.05) is 0 Å². The van der Waals surface area contributed by atoms with Crippen LogP contribution in [0.1, 0.15) is 26.2 Å². The van der Waals surface area contributed by atoms with Gasteiger partial charge in [0.05, 0.1) is 13.2 Å². The molecule has 55 heteroatoms. The van der Waals surface area contributed by atoms with Crippen LogP contribution in [-0.2, 0) is 156 Å². The number of carbonyl (C=O) groups is 2. The lowest BCUT2D eigenvalue weighted by molar-refractivity contribution is -0.367. The van der Waals surface area contributed by atoms with Gasteiger partial charge in [0.25, 0.3) is 0 Å². The van der Waals surface area contributed by atoms with Crippen molar-refractivity contribution in [1.29, 1.82) is 0 Å². The summed E-state index contributed by atoms with van der Waals surface area (Å²) in [6, 6.07) is -6.08. The molecule has 0 unspecified atom stereocenters. The Balaban J connectivity index is 1.88. The van der Waals surface area contributed by atoms with Gasteiger partial charge in [0.15, 0.2) is 49.6 Å². The van der Waals surface area contributed by atoms with E-state index in [1.54, 1.807) is 6.92 Å². The number of hydrogen-bond donors (Lipinski definition) is 15. The predicted molar refractivity (Wildman–Crippen MR) is 246 cm³/mol. The molecule has 4 heterocycles. The van der Waals surface area contributed by atoms with Crippen LogP contribution in [0.5, 0.6) is 0 Å². The van der Waals surface area contributed by atoms with E-state index in [2.05, 4.69) is 25.1 Å². The Hall–Kier alpha value is -2.54. The van der Waals surface area contributed by atoms with Gasteiger partial charge in [-0.15, -0.1) is 0 Å². The van der Waals surface area contributed by atoms with Crippen LogP contribution in [-0.4, -0.2) is 284 Å². The summed E-state index contributed by atoms with van der Waals surface area (Å²) >= 11 is 0. The molecule has 4 aliphatic rings. The summed E-state index contributed by atoms with van der Waals surface area (Å²) in [7, 11) is -47.6. The molecule has 0 radical (unpaired) electrons. The molecule has 4 aliphatic heterocycles. The number of rotatable bonds is 31. The molecule has 0 aromatic rings. The molecule has 20 atom stereocenters. The molecule has 0 aliphatic carbocycles. The first-order valence-corrected chi connectivity index (χ1v) is 33.1. The number of hydrogen-bond acceptors (Lipinski definition) is 35. The summed E-state index contributed by atoms with van der Waals surface area (Å²) < 4.78 is 339. The highest BCUT2D eigenvalue weighted by Gasteiger charge is 2.61. The molecule has 0 aromatic heterocycles. The second-order valence-corrected chi connectivity index (χ2v) is 25.8. The maximum absolute atomic E-state index is 12.9. The summed E-state index contributed by atoms with van der Waals surface area (Å²) in [5, 5.41) is 55.3. The SMILES string of the molecule is CCCCCO[C@@H]1O[C@H](C(=O)O)[C@@H](O[C@H]2O[C@H](COS(=O)(=O)O)[C@@H](O[C@@H]3O[C@@H](C(=O)O)[C@@H](O[C@H]4O[C@H](COS(=O)(=O)O)[C@@H](OS(=O)(=O)O)[C@H](OS(=O)(=O)O)[C@H]4NS(=O)(=O)O)[C@H](O)[C@H]3OS(=O)(=O)O)[C@H](O)[C@H]2NS(=O)(=O)O)[C@H](O)[C@H]1OS(=O)(=O)O. The van der Waals surface area contributed by atoms with Crippen LogP contribution in [0.3, 0.4) is 0 Å². The quantitative estimate of drug-likeness (QED) is 0.0226. The van der Waals surface area contributed by atoms with Gasteiger partial charge in [-0.25, -0.2) is 34.7 Å². The number of carboxylic acid groups (broad SMARTS) is 2. The molecule has 494 valence electrons. The third kappa shape index (κ3) is 23.1. The fraction of sp³-hybridized carbons (Fsp3) is 0.931. The zero-order valence-corrected chi connectivity index (χ0v) is 47.5. The van der Waals surface area contributed by atoms with E-state index in [1.165, 1.54) is 4.72 Å². The lowest BCUT2D eigenvalue weighted by atomic mass is 9.94. The lowest BCUT2D eigenvalue weighted by Crippen LogP contribution is -2.71. The summed E-state index contributed by atoms with van der Waals surface area (Å²) in [4.78, 5) is 25.5. The van der Waals surface area contributed by atoms with E-state index in [0.717, 1.165) is 4.72 Å². The van der Waals surface area contributed by atoms with Crippen molar-refractivity contribution < 1.29 is 202 Å². The monoisotopic (exact) mass is 1400 g/mol. The summed E-state index contributed by atoms with van der Waals surface area (Å²) in [6.45, 7) is -2.43. The average Bonchev–Trinajstić information content (AvgIpc) is 1.00. The van der Waals surface area contributed by atoms with Gasteiger partial charge in [-0.2, -0.15) is 76.8 Å². The van der Waals surface area contributed by atoms with E-state index < -0.39 is 231 Å². The molecule has 47 nitrogen and oxygen atoms in total. The van der Waals surface area contributed by atoms with Gasteiger partial charge in [-0.1, -0.05) is 19.8 Å². The third-order valence-corrected chi connectivity index (χ3v) is 14.9. The molecule has 0 amide bonds. The van der Waals surface area contributed by atoms with Crippen LogP contribution < -0.4 is 9.44 Å². The summed E-state index contributed by atoms with van der Waals surface area (Å²) in [5.74, 6) is -4.70. The molecule has 0 saturated carbocycles. The number of aliphatic hydroxyl groups is 3. The Labute approximate surface area is 472 Å². The largest absolute Gasteiger partial charge is 0.479 e. The van der Waals surface area contributed by atoms with Crippen LogP contribution in [0.2, 0.25) is 0 Å². The predicted octanol–water partition coefficient (Wildman–Crippen LogP) is -9.59. The van der Waals surface area contributed by atoms with Gasteiger partial charge in [-0.3, -0.25) is 36.4 Å². The Morgan fingerprint density at radius 3 is 1.17 bits per heavy atom. The minimum Gasteiger partial charge on any atom is -0.479 e. The Kier molecular flexibility index (Phi) is 25.1. The average molecular weight is 1400 g/mol. The van der Waals surface area contributed by atoms with Gasteiger partial charge >= 0.3 is 94.9 Å². The van der Waals surface area contributed by atoms with Crippen molar-refractivity contribution >= 4 is 94.9 Å². The molecular formula is C29H50N2O45S8. The van der Waals surface area contributed by atoms with Crippen molar-refractivity contribution in [2.75, 3.05) is 19.8 Å². The lowest BCUT2D eigenvalue weighted by Gasteiger charge is -2.50. The van der Waals surface area contributed by atoms with Crippen molar-refractivity contribution in [3.8, 4) is 0 Å². The first-order chi connectivity index (χ1) is 38.0. The van der Waals surface area contributed by atoms with E-state index in [-0.39, 0.29) is 13.0 Å². The van der Waals surface area contributed by atoms with Crippen LogP contribution in [0.25, 0.3) is 0 Å². The molecular weight excluding hydrogens is 1350 g/mol. The summed E-state index contributed by atoms with van der Waals surface area (Å²) in [6.07, 6.45) is -52.3. The Bertz CT molecular complexity index is 3220. The first kappa shape index (κ1) is 73.9. The van der Waals surface area contributed by atoms with Crippen molar-refractivity contribution in [1.82, 2.24) is 9.44 Å². The van der Waals surface area contributed by atoms with Crippen LogP contribution in [0, 0.1) is 0 Å². The van der Waals surface area contributed by atoms with Gasteiger partial charge in [0.2, 0.25) is 0 Å². The molecule has 4 fully saturated rings. The second-order valence-electron chi connectivity index (χ2n) is 17.1. The highest BCUT2D eigenvalue weighted by Crippen LogP contribution is 2.38. The van der Waals surface area contributed by atoms with Crippen LogP contribution >= 0.6 is 0 Å². The molecule has 4 rings (SSSR count). The van der Waals surface area contributed by atoms with E-state index >= 15 is 0 Å². The van der Waals surface area contributed by atoms with Crippen molar-refractivity contribution in [3.63, 3.8) is 0 Å². The number of aliphatic hydroxyl groups excluding tert-OH is 3. The fourth-order valence-electron chi connectivity index (χ4n) is 8.00. The van der Waals surface area contributed by atoms with Crippen LogP contribution in [0.15, 0.2) is 0 Å². The normalized spacial score (nSPS) is 35.3. The number of carboxylic acids is 2. The topological polar surface area (TPSA) is 724 Å². The Morgan fingerprint density at radius 1 is 0.417 bits per heavy atom. The van der Waals surface area contributed by atoms with Crippen molar-refractivity contribution in [2.45, 2.75) is 149 Å². The number of unbranched alkanes of at least 4 members (excludes halogenated alkanes) is 2. The maximum atomic E-state index is 12.9. The number of nitrogens with one attached hydrogen (secondary N) is 2. The molecule has 4 saturated heterocycles. The van der Waals surface area contributed by atoms with Crippen LogP contribution in [0.4, 0.5) is 0 Å². The molecule has 0 bridgehead atoms. The van der Waals surface area contributed by atoms with E-state index in [4.69, 9.17) is 37.9 Å². The van der Waals surface area contributed by atoms with Gasteiger partial charge in [0.1, 0.15) is 73.1 Å². The molecule has 15 N–H and O–H groups in total. The fourth-order valence-corrected chi connectivity index (χ4v) is 11.8. The van der Waals surface area contributed by atoms with Gasteiger partial charge in [-0.05, 0) is 6.42 Å². The highest BCUT2D eigenvalue weighted by molar-refractivity contribution is 7.84. The smallest absolute Gasteiger partial charge is 0.397 e. The van der Waals surface area contributed by atoms with Gasteiger partial charge < -0.3 is 63.4 Å². The zero-order chi connectivity index (χ0) is 64.3. The maximum Gasteiger partial charge on any atom is 0.397 e. The zero-order valence-electron chi connectivity index (χ0n) is 40.9. The standard InChI is InChI=1S/C29H50N2O45S8/c1-2-3-4-5-63-28-20(75-83(57,58)59)13(33)18(22(71-28)24(35)36)69-26-10(30-77(39,40)41)12(32)15(8(66-26)6-64-79(45,46)47)68-29-21(76-84(60,61)62)14(34)19(23(72-29)25(37)38)70-27-11(31-78(42,43)44)17(74-82(54,55)56)16(73-81(51,52)53)9(67-27)7-65-80(48,49)50/h8-23,26-34H,2-7H2,1H3,(H,35,36)(H,37,38)(H,39,40,41)(H,42,43,44)(H,45,46,47)(H,48,49,50)(H,51,52,53)(H,54,55,56)(H,57,58,59)(H,60,61,62)/t8-,9-,10-,11-,12-,13+,14+,15-,16-,17-,18+,19+,20-,21-,22+,23-,26-,27-,28-,29-/m1/s1. The summed E-state index contributed by atoms with van der Waals surface area (Å²) in [5.41, 5.74) is 0. The minimum absolute atomic E-state index is 0.168. The second kappa shape index (κ2) is 28.5. The van der Waals surface area contributed by atoms with Crippen molar-refractivity contribution in [3.05, 3.63) is 0 Å². The Morgan fingerprint density at radius 2 is 0.774 bits per heavy atom. The first-order valence-electron chi connectivity index (χ1n) is 22.0. The van der Waals surface area contributed by atoms with E-state index in [9.17, 15) is 139 Å². The molecule has 84 heavy (non-hydrogen) atoms. The highest BCUT2D eigenvalue weighted by atomic mass is 32.3. The minimum atomic E-state index is -6.22. The molecule has 0 spiro atoms. The van der Waals surface area contributed by atoms with E-state index in [0.29, 0.717) is 12.8 Å². The van der Waals surface area contributed by atoms with Crippen molar-refractivity contribution in [2.24, 2.45) is 0 Å².